The van der Waals surface area contributed by atoms with Crippen molar-refractivity contribution in [3.63, 3.8) is 0 Å². The lowest BCUT2D eigenvalue weighted by atomic mass is 9.67. The molecule has 0 atom stereocenters. The Bertz CT molecular complexity index is 197. The third kappa shape index (κ3) is 5.27. The number of methoxy groups -OCH3 is 1. The van der Waals surface area contributed by atoms with Crippen molar-refractivity contribution in [2.45, 2.75) is 64.7 Å². The van der Waals surface area contributed by atoms with Gasteiger partial charge in [-0.1, -0.05) is 26.2 Å². The second-order valence-corrected chi connectivity index (χ2v) is 6.21. The summed E-state index contributed by atoms with van der Waals surface area (Å²) in [6, 6.07) is 0. The molecule has 0 spiro atoms. The highest BCUT2D eigenvalue weighted by Crippen LogP contribution is 2.43. The Kier molecular flexibility index (Phi) is 7.92. The largest absolute Gasteiger partial charge is 0.385 e. The summed E-state index contributed by atoms with van der Waals surface area (Å²) in [7, 11) is 3.91. The van der Waals surface area contributed by atoms with E-state index in [-0.39, 0.29) is 0 Å². The predicted octanol–water partition coefficient (Wildman–Crippen LogP) is 4.00. The first-order valence-corrected chi connectivity index (χ1v) is 7.90. The Morgan fingerprint density at radius 3 is 2.50 bits per heavy atom. The topological polar surface area (TPSA) is 21.3 Å². The van der Waals surface area contributed by atoms with Gasteiger partial charge in [-0.15, -0.1) is 0 Å². The Morgan fingerprint density at radius 1 is 1.22 bits per heavy atom. The molecule has 0 heterocycles. The maximum Gasteiger partial charge on any atom is 0.0462 e. The van der Waals surface area contributed by atoms with Crippen molar-refractivity contribution < 1.29 is 4.74 Å². The van der Waals surface area contributed by atoms with Crippen LogP contribution in [0.2, 0.25) is 0 Å². The zero-order chi connectivity index (χ0) is 13.3. The van der Waals surface area contributed by atoms with E-state index in [0.29, 0.717) is 5.41 Å². The van der Waals surface area contributed by atoms with Crippen LogP contribution >= 0.6 is 0 Å². The Labute approximate surface area is 114 Å². The van der Waals surface area contributed by atoms with Crippen molar-refractivity contribution >= 4 is 0 Å². The molecule has 1 rings (SSSR count). The molecule has 0 aromatic rings. The fourth-order valence-corrected chi connectivity index (χ4v) is 3.55. The van der Waals surface area contributed by atoms with Crippen LogP contribution in [0.4, 0.5) is 0 Å². The van der Waals surface area contributed by atoms with E-state index in [2.05, 4.69) is 19.3 Å². The summed E-state index contributed by atoms with van der Waals surface area (Å²) in [6.07, 6.45) is 12.5. The Balaban J connectivity index is 2.35. The molecular formula is C16H33NO. The maximum absolute atomic E-state index is 5.21. The Morgan fingerprint density at radius 2 is 1.94 bits per heavy atom. The summed E-state index contributed by atoms with van der Waals surface area (Å²) in [5.74, 6) is 1.01. The van der Waals surface area contributed by atoms with Gasteiger partial charge in [-0.05, 0) is 56.9 Å². The van der Waals surface area contributed by atoms with E-state index in [1.807, 2.05) is 7.11 Å². The number of hydrogen-bond donors (Lipinski definition) is 1. The molecule has 0 bridgehead atoms. The molecule has 0 aromatic heterocycles. The van der Waals surface area contributed by atoms with Crippen LogP contribution in [0.25, 0.3) is 0 Å². The van der Waals surface area contributed by atoms with Crippen LogP contribution in [-0.2, 0) is 4.74 Å². The minimum absolute atomic E-state index is 0.565. The highest BCUT2D eigenvalue weighted by atomic mass is 16.5. The molecule has 1 N–H and O–H groups in total. The van der Waals surface area contributed by atoms with Gasteiger partial charge in [0.05, 0.1) is 0 Å². The number of ether oxygens (including phenoxy) is 1. The highest BCUT2D eigenvalue weighted by molar-refractivity contribution is 4.87. The average molecular weight is 255 g/mol. The van der Waals surface area contributed by atoms with Crippen LogP contribution < -0.4 is 5.32 Å². The molecule has 1 aliphatic rings. The Hall–Kier alpha value is -0.0800. The molecule has 2 nitrogen and oxygen atoms in total. The summed E-state index contributed by atoms with van der Waals surface area (Å²) in [5.41, 5.74) is 0.565. The van der Waals surface area contributed by atoms with Crippen molar-refractivity contribution in [3.05, 3.63) is 0 Å². The summed E-state index contributed by atoms with van der Waals surface area (Å²) in [6.45, 7) is 4.42. The first-order chi connectivity index (χ1) is 8.76. The first kappa shape index (κ1) is 16.0. The maximum atomic E-state index is 5.21. The molecule has 108 valence electrons. The minimum atomic E-state index is 0.565. The smallest absolute Gasteiger partial charge is 0.0462 e. The van der Waals surface area contributed by atoms with Gasteiger partial charge in [0.1, 0.15) is 0 Å². The normalized spacial score (nSPS) is 28.5. The van der Waals surface area contributed by atoms with Crippen LogP contribution in [0, 0.1) is 11.3 Å². The van der Waals surface area contributed by atoms with Crippen LogP contribution in [0.3, 0.4) is 0 Å². The van der Waals surface area contributed by atoms with Crippen LogP contribution in [-0.4, -0.2) is 27.3 Å². The van der Waals surface area contributed by atoms with Crippen molar-refractivity contribution in [2.75, 3.05) is 27.3 Å². The fourth-order valence-electron chi connectivity index (χ4n) is 3.55. The average Bonchev–Trinajstić information content (AvgIpc) is 2.39. The lowest BCUT2D eigenvalue weighted by Gasteiger charge is -2.40. The van der Waals surface area contributed by atoms with E-state index in [4.69, 9.17) is 4.74 Å². The molecule has 1 aliphatic carbocycles. The van der Waals surface area contributed by atoms with Gasteiger partial charge < -0.3 is 10.1 Å². The number of unbranched alkanes of at least 4 members (excludes halogenated alkanes) is 1. The van der Waals surface area contributed by atoms with E-state index in [9.17, 15) is 0 Å². The van der Waals surface area contributed by atoms with E-state index in [1.54, 1.807) is 0 Å². The number of nitrogens with one attached hydrogen (secondary N) is 1. The zero-order valence-electron chi connectivity index (χ0n) is 12.8. The molecule has 0 unspecified atom stereocenters. The van der Waals surface area contributed by atoms with Gasteiger partial charge in [-0.3, -0.25) is 0 Å². The standard InChI is InChI=1S/C16H33NO/c1-4-5-7-15-8-11-16(12-9-15,14-17-2)10-6-13-18-3/h15,17H,4-14H2,1-3H3. The van der Waals surface area contributed by atoms with E-state index >= 15 is 0 Å². The van der Waals surface area contributed by atoms with Gasteiger partial charge in [0, 0.05) is 20.3 Å². The van der Waals surface area contributed by atoms with Crippen LogP contribution in [0.15, 0.2) is 0 Å². The summed E-state index contributed by atoms with van der Waals surface area (Å²) in [4.78, 5) is 0. The molecule has 0 amide bonds. The second kappa shape index (κ2) is 8.92. The monoisotopic (exact) mass is 255 g/mol. The molecular weight excluding hydrogens is 222 g/mol. The second-order valence-electron chi connectivity index (χ2n) is 6.21. The zero-order valence-corrected chi connectivity index (χ0v) is 12.8. The van der Waals surface area contributed by atoms with E-state index in [1.165, 1.54) is 64.3 Å². The van der Waals surface area contributed by atoms with Gasteiger partial charge >= 0.3 is 0 Å². The van der Waals surface area contributed by atoms with Crippen LogP contribution in [0.5, 0.6) is 0 Å². The molecule has 18 heavy (non-hydrogen) atoms. The molecule has 1 saturated carbocycles. The predicted molar refractivity (Wildman–Crippen MR) is 79.0 cm³/mol. The minimum Gasteiger partial charge on any atom is -0.385 e. The lowest BCUT2D eigenvalue weighted by Crippen LogP contribution is -2.36. The third-order valence-corrected chi connectivity index (χ3v) is 4.74. The SMILES string of the molecule is CCCCC1CCC(CCCOC)(CNC)CC1. The fraction of sp³-hybridized carbons (Fsp3) is 1.00. The van der Waals surface area contributed by atoms with Gasteiger partial charge in [0.25, 0.3) is 0 Å². The third-order valence-electron chi connectivity index (χ3n) is 4.74. The number of hydrogen-bond acceptors (Lipinski definition) is 2. The molecule has 0 aromatic carbocycles. The van der Waals surface area contributed by atoms with Crippen LogP contribution in [0.1, 0.15) is 64.7 Å². The number of rotatable bonds is 9. The molecule has 2 heteroatoms. The van der Waals surface area contributed by atoms with Crippen molar-refractivity contribution in [1.82, 2.24) is 5.32 Å². The van der Waals surface area contributed by atoms with Gasteiger partial charge in [-0.25, -0.2) is 0 Å². The summed E-state index contributed by atoms with van der Waals surface area (Å²) >= 11 is 0. The van der Waals surface area contributed by atoms with E-state index in [0.717, 1.165) is 12.5 Å². The quantitative estimate of drug-likeness (QED) is 0.629. The highest BCUT2D eigenvalue weighted by Gasteiger charge is 2.33. The molecule has 0 aliphatic heterocycles. The van der Waals surface area contributed by atoms with Gasteiger partial charge in [0.15, 0.2) is 0 Å². The molecule has 1 fully saturated rings. The van der Waals surface area contributed by atoms with E-state index < -0.39 is 0 Å². The molecule has 0 saturated heterocycles. The summed E-state index contributed by atoms with van der Waals surface area (Å²) < 4.78 is 5.21. The van der Waals surface area contributed by atoms with Gasteiger partial charge in [0.2, 0.25) is 0 Å². The van der Waals surface area contributed by atoms with Crippen molar-refractivity contribution in [1.29, 1.82) is 0 Å². The van der Waals surface area contributed by atoms with Crippen molar-refractivity contribution in [3.8, 4) is 0 Å². The molecule has 0 radical (unpaired) electrons. The summed E-state index contributed by atoms with van der Waals surface area (Å²) in [5, 5.41) is 3.42. The lowest BCUT2D eigenvalue weighted by molar-refractivity contribution is 0.108. The van der Waals surface area contributed by atoms with Gasteiger partial charge in [-0.2, -0.15) is 0 Å². The van der Waals surface area contributed by atoms with Crippen molar-refractivity contribution in [2.24, 2.45) is 11.3 Å². The first-order valence-electron chi connectivity index (χ1n) is 7.90.